The van der Waals surface area contributed by atoms with Gasteiger partial charge in [0.2, 0.25) is 5.91 Å². The predicted octanol–water partition coefficient (Wildman–Crippen LogP) is 4.58. The highest BCUT2D eigenvalue weighted by atomic mass is 32.2. The number of rotatable bonds is 11. The lowest BCUT2D eigenvalue weighted by Gasteiger charge is -2.16. The van der Waals surface area contributed by atoms with E-state index in [9.17, 15) is 4.79 Å². The van der Waals surface area contributed by atoms with Crippen LogP contribution in [0, 0.1) is 0 Å². The molecule has 0 bridgehead atoms. The molecule has 1 unspecified atom stereocenters. The molecule has 0 spiro atoms. The Morgan fingerprint density at radius 2 is 1.90 bits per heavy atom. The average Bonchev–Trinajstić information content (AvgIpc) is 3.20. The number of amides is 1. The van der Waals surface area contributed by atoms with Gasteiger partial charge in [0.05, 0.1) is 5.75 Å². The van der Waals surface area contributed by atoms with Crippen LogP contribution in [0.1, 0.15) is 36.9 Å². The fraction of sp³-hybridized carbons (Fsp3) is 0.292. The maximum absolute atomic E-state index is 12.3. The third kappa shape index (κ3) is 6.46. The normalized spacial score (nSPS) is 11.7. The number of carbonyl (C=O) groups excluding carboxylic acids is 1. The molecular weight excluding hydrogens is 408 g/mol. The van der Waals surface area contributed by atoms with Crippen LogP contribution >= 0.6 is 11.8 Å². The summed E-state index contributed by atoms with van der Waals surface area (Å²) in [6, 6.07) is 17.9. The van der Waals surface area contributed by atoms with Crippen molar-refractivity contribution in [2.24, 2.45) is 0 Å². The molecule has 1 N–H and O–H groups in total. The highest BCUT2D eigenvalue weighted by Gasteiger charge is 2.19. The van der Waals surface area contributed by atoms with Gasteiger partial charge in [0.25, 0.3) is 0 Å². The molecule has 7 heteroatoms. The van der Waals surface area contributed by atoms with E-state index in [4.69, 9.17) is 4.74 Å². The van der Waals surface area contributed by atoms with Crippen LogP contribution < -0.4 is 10.1 Å². The molecule has 1 heterocycles. The number of hydrogen-bond acceptors (Lipinski definition) is 5. The Bertz CT molecular complexity index is 987. The van der Waals surface area contributed by atoms with E-state index in [2.05, 4.69) is 41.1 Å². The van der Waals surface area contributed by atoms with E-state index in [-0.39, 0.29) is 17.8 Å². The lowest BCUT2D eigenvalue weighted by Crippen LogP contribution is -2.24. The molecule has 0 saturated heterocycles. The predicted molar refractivity (Wildman–Crippen MR) is 124 cm³/mol. The highest BCUT2D eigenvalue weighted by molar-refractivity contribution is 7.99. The number of hydrogen-bond donors (Lipinski definition) is 1. The number of allylic oxidation sites excluding steroid dienone is 1. The third-order valence-electron chi connectivity index (χ3n) is 4.73. The first-order chi connectivity index (χ1) is 15.1. The van der Waals surface area contributed by atoms with Crippen molar-refractivity contribution in [3.63, 3.8) is 0 Å². The van der Waals surface area contributed by atoms with Gasteiger partial charge in [0.15, 0.2) is 17.1 Å². The summed E-state index contributed by atoms with van der Waals surface area (Å²) < 4.78 is 8.00. The molecule has 3 aromatic rings. The van der Waals surface area contributed by atoms with E-state index in [0.29, 0.717) is 24.1 Å². The van der Waals surface area contributed by atoms with Crippen LogP contribution in [0.25, 0.3) is 0 Å². The summed E-state index contributed by atoms with van der Waals surface area (Å²) in [5, 5.41) is 12.2. The molecule has 2 aromatic carbocycles. The number of ether oxygens (including phenoxy) is 1. The molecule has 0 aliphatic heterocycles. The molecule has 0 saturated carbocycles. The van der Waals surface area contributed by atoms with Crippen LogP contribution in [-0.4, -0.2) is 26.4 Å². The first-order valence-electron chi connectivity index (χ1n) is 10.3. The van der Waals surface area contributed by atoms with Gasteiger partial charge in [-0.2, -0.15) is 0 Å². The summed E-state index contributed by atoms with van der Waals surface area (Å²) in [5.74, 6) is 1.69. The third-order valence-corrected chi connectivity index (χ3v) is 5.70. The van der Waals surface area contributed by atoms with E-state index < -0.39 is 0 Å². The van der Waals surface area contributed by atoms with Gasteiger partial charge in [-0.15, -0.1) is 16.8 Å². The summed E-state index contributed by atoms with van der Waals surface area (Å²) in [6.45, 7) is 8.94. The van der Waals surface area contributed by atoms with Crippen LogP contribution in [0.5, 0.6) is 5.75 Å². The van der Waals surface area contributed by atoms with Gasteiger partial charge in [0, 0.05) is 13.1 Å². The zero-order valence-electron chi connectivity index (χ0n) is 18.0. The van der Waals surface area contributed by atoms with Crippen LogP contribution in [0.4, 0.5) is 0 Å². The van der Waals surface area contributed by atoms with E-state index in [1.165, 1.54) is 17.3 Å². The number of benzene rings is 2. The summed E-state index contributed by atoms with van der Waals surface area (Å²) in [7, 11) is 0. The van der Waals surface area contributed by atoms with Gasteiger partial charge < -0.3 is 10.1 Å². The first-order valence-corrected chi connectivity index (χ1v) is 11.3. The molecular formula is C24H28N4O2S. The zero-order valence-corrected chi connectivity index (χ0v) is 18.8. The quantitative estimate of drug-likeness (QED) is 0.352. The van der Waals surface area contributed by atoms with Crippen LogP contribution in [0.2, 0.25) is 0 Å². The number of carbonyl (C=O) groups is 1. The first kappa shape index (κ1) is 22.6. The molecule has 1 aromatic heterocycles. The van der Waals surface area contributed by atoms with Crippen molar-refractivity contribution in [2.75, 3.05) is 5.75 Å². The molecule has 3 rings (SSSR count). The minimum Gasteiger partial charge on any atom is -0.483 e. The maximum Gasteiger partial charge on any atom is 0.230 e. The summed E-state index contributed by atoms with van der Waals surface area (Å²) in [5.41, 5.74) is 2.33. The van der Waals surface area contributed by atoms with Crippen molar-refractivity contribution in [2.45, 2.75) is 44.6 Å². The fourth-order valence-corrected chi connectivity index (χ4v) is 3.83. The second-order valence-corrected chi connectivity index (χ2v) is 7.99. The van der Waals surface area contributed by atoms with E-state index in [1.807, 2.05) is 54.0 Å². The zero-order chi connectivity index (χ0) is 22.1. The second kappa shape index (κ2) is 11.4. The van der Waals surface area contributed by atoms with Gasteiger partial charge in [0.1, 0.15) is 5.75 Å². The molecule has 31 heavy (non-hydrogen) atoms. The summed E-state index contributed by atoms with van der Waals surface area (Å²) >= 11 is 1.35. The molecule has 6 nitrogen and oxygen atoms in total. The van der Waals surface area contributed by atoms with Crippen LogP contribution in [0.15, 0.2) is 72.4 Å². The Morgan fingerprint density at radius 3 is 2.58 bits per heavy atom. The standard InChI is InChI=1S/C24H28N4O2S/c1-4-15-28-23(18(3)30-21-13-11-19(5-2)12-14-21)26-27-24(28)31-17-22(29)25-16-20-9-7-6-8-10-20/h4,6-14,18H,1,5,15-17H2,2-3H3,(H,25,29). The minimum absolute atomic E-state index is 0.0520. The van der Waals surface area contributed by atoms with Crippen molar-refractivity contribution in [1.29, 1.82) is 0 Å². The lowest BCUT2D eigenvalue weighted by molar-refractivity contribution is -0.118. The number of thioether (sulfide) groups is 1. The van der Waals surface area contributed by atoms with E-state index >= 15 is 0 Å². The average molecular weight is 437 g/mol. The monoisotopic (exact) mass is 436 g/mol. The largest absolute Gasteiger partial charge is 0.483 e. The Hall–Kier alpha value is -3.06. The second-order valence-electron chi connectivity index (χ2n) is 7.05. The summed E-state index contributed by atoms with van der Waals surface area (Å²) in [6.07, 6.45) is 2.49. The fourth-order valence-electron chi connectivity index (χ4n) is 3.05. The van der Waals surface area contributed by atoms with Gasteiger partial charge in [-0.25, -0.2) is 0 Å². The molecule has 162 valence electrons. The number of aromatic nitrogens is 3. The van der Waals surface area contributed by atoms with Gasteiger partial charge in [-0.05, 0) is 36.6 Å². The minimum atomic E-state index is -0.291. The van der Waals surface area contributed by atoms with Gasteiger partial charge >= 0.3 is 0 Å². The van der Waals surface area contributed by atoms with Gasteiger partial charge in [-0.1, -0.05) is 67.2 Å². The van der Waals surface area contributed by atoms with Crippen molar-refractivity contribution in [3.8, 4) is 5.75 Å². The Balaban J connectivity index is 1.60. The molecule has 0 fully saturated rings. The van der Waals surface area contributed by atoms with E-state index in [1.54, 1.807) is 6.08 Å². The van der Waals surface area contributed by atoms with Gasteiger partial charge in [-0.3, -0.25) is 9.36 Å². The maximum atomic E-state index is 12.3. The van der Waals surface area contributed by atoms with Crippen molar-refractivity contribution in [1.82, 2.24) is 20.1 Å². The lowest BCUT2D eigenvalue weighted by atomic mass is 10.2. The SMILES string of the molecule is C=CCn1c(SCC(=O)NCc2ccccc2)nnc1C(C)Oc1ccc(CC)cc1. The van der Waals surface area contributed by atoms with Crippen molar-refractivity contribution < 1.29 is 9.53 Å². The number of aryl methyl sites for hydroxylation is 1. The van der Waals surface area contributed by atoms with Crippen LogP contribution in [-0.2, 0) is 24.3 Å². The summed E-state index contributed by atoms with van der Waals surface area (Å²) in [4.78, 5) is 12.3. The van der Waals surface area contributed by atoms with Crippen molar-refractivity contribution >= 4 is 17.7 Å². The number of nitrogens with zero attached hydrogens (tertiary/aromatic N) is 3. The molecule has 0 aliphatic carbocycles. The highest BCUT2D eigenvalue weighted by Crippen LogP contribution is 2.25. The Kier molecular flexibility index (Phi) is 8.29. The number of nitrogens with one attached hydrogen (secondary N) is 1. The smallest absolute Gasteiger partial charge is 0.230 e. The molecule has 0 aliphatic rings. The molecule has 1 amide bonds. The van der Waals surface area contributed by atoms with Crippen molar-refractivity contribution in [3.05, 3.63) is 84.2 Å². The topological polar surface area (TPSA) is 69.0 Å². The Morgan fingerprint density at radius 1 is 1.16 bits per heavy atom. The molecule has 0 radical (unpaired) electrons. The Labute approximate surface area is 187 Å². The van der Waals surface area contributed by atoms with E-state index in [0.717, 1.165) is 17.7 Å². The van der Waals surface area contributed by atoms with Crippen LogP contribution in [0.3, 0.4) is 0 Å². The molecule has 1 atom stereocenters.